The number of amides is 1. The summed E-state index contributed by atoms with van der Waals surface area (Å²) in [5, 5.41) is 15.4. The minimum absolute atomic E-state index is 0.100. The average Bonchev–Trinajstić information content (AvgIpc) is 2.93. The third-order valence-electron chi connectivity index (χ3n) is 3.24. The van der Waals surface area contributed by atoms with E-state index in [1.807, 2.05) is 0 Å². The van der Waals surface area contributed by atoms with E-state index in [9.17, 15) is 14.0 Å². The molecule has 1 atom stereocenters. The summed E-state index contributed by atoms with van der Waals surface area (Å²) in [4.78, 5) is 22.9. The van der Waals surface area contributed by atoms with Gasteiger partial charge in [0.25, 0.3) is 5.91 Å². The number of carbonyl (C=O) groups is 2. The maximum atomic E-state index is 13.1. The molecule has 0 aliphatic carbocycles. The number of aliphatic carboxylic acids is 1. The van der Waals surface area contributed by atoms with Gasteiger partial charge in [0.2, 0.25) is 0 Å². The van der Waals surface area contributed by atoms with Gasteiger partial charge < -0.3 is 10.4 Å². The SMILES string of the molecule is CC[C@H](NC(=O)c1ccn(-c2ccc(F)cc2C)n1)C(=O)O. The van der Waals surface area contributed by atoms with Crippen LogP contribution >= 0.6 is 0 Å². The lowest BCUT2D eigenvalue weighted by atomic mass is 10.2. The Morgan fingerprint density at radius 1 is 1.41 bits per heavy atom. The van der Waals surface area contributed by atoms with Crippen LogP contribution in [0.5, 0.6) is 0 Å². The second-order valence-electron chi connectivity index (χ2n) is 4.85. The molecule has 0 radical (unpaired) electrons. The van der Waals surface area contributed by atoms with Crippen LogP contribution in [0.25, 0.3) is 5.69 Å². The molecule has 0 fully saturated rings. The van der Waals surface area contributed by atoms with Crippen LogP contribution in [0.4, 0.5) is 4.39 Å². The largest absolute Gasteiger partial charge is 0.480 e. The zero-order valence-electron chi connectivity index (χ0n) is 12.2. The molecule has 2 aromatic rings. The molecule has 0 unspecified atom stereocenters. The van der Waals surface area contributed by atoms with E-state index in [1.54, 1.807) is 26.1 Å². The van der Waals surface area contributed by atoms with Gasteiger partial charge in [-0.25, -0.2) is 13.9 Å². The van der Waals surface area contributed by atoms with Crippen molar-refractivity contribution in [2.24, 2.45) is 0 Å². The molecule has 2 rings (SSSR count). The zero-order valence-corrected chi connectivity index (χ0v) is 12.2. The molecule has 0 spiro atoms. The first-order valence-corrected chi connectivity index (χ1v) is 6.78. The lowest BCUT2D eigenvalue weighted by Gasteiger charge is -2.10. The summed E-state index contributed by atoms with van der Waals surface area (Å²) in [5.74, 6) is -2.00. The maximum Gasteiger partial charge on any atom is 0.326 e. The highest BCUT2D eigenvalue weighted by atomic mass is 19.1. The standard InChI is InChI=1S/C15H16FN3O3/c1-3-11(15(21)22)17-14(20)12-6-7-19(18-12)13-5-4-10(16)8-9(13)2/h4-8,11H,3H2,1-2H3,(H,17,20)(H,21,22)/t11-/m0/s1. The number of carboxylic acids is 1. The highest BCUT2D eigenvalue weighted by Gasteiger charge is 2.20. The van der Waals surface area contributed by atoms with Crippen molar-refractivity contribution < 1.29 is 19.1 Å². The smallest absolute Gasteiger partial charge is 0.326 e. The second kappa shape index (κ2) is 6.38. The van der Waals surface area contributed by atoms with Crippen LogP contribution in [0, 0.1) is 12.7 Å². The number of halogens is 1. The van der Waals surface area contributed by atoms with E-state index in [4.69, 9.17) is 5.11 Å². The highest BCUT2D eigenvalue weighted by molar-refractivity contribution is 5.94. The number of hydrogen-bond donors (Lipinski definition) is 2. The third kappa shape index (κ3) is 3.30. The number of carboxylic acid groups (broad SMARTS) is 1. The summed E-state index contributed by atoms with van der Waals surface area (Å²) in [7, 11) is 0. The molecular formula is C15H16FN3O3. The molecule has 1 amide bonds. The molecule has 1 heterocycles. The Kier molecular flexibility index (Phi) is 4.55. The van der Waals surface area contributed by atoms with E-state index in [0.717, 1.165) is 0 Å². The highest BCUT2D eigenvalue weighted by Crippen LogP contribution is 2.15. The van der Waals surface area contributed by atoms with E-state index in [-0.39, 0.29) is 17.9 Å². The van der Waals surface area contributed by atoms with Crippen molar-refractivity contribution in [3.63, 3.8) is 0 Å². The number of carbonyl (C=O) groups excluding carboxylic acids is 1. The van der Waals surface area contributed by atoms with Crippen molar-refractivity contribution >= 4 is 11.9 Å². The van der Waals surface area contributed by atoms with E-state index < -0.39 is 17.9 Å². The molecule has 2 N–H and O–H groups in total. The zero-order chi connectivity index (χ0) is 16.3. The van der Waals surface area contributed by atoms with Crippen LogP contribution in [0.2, 0.25) is 0 Å². The van der Waals surface area contributed by atoms with Crippen molar-refractivity contribution in [1.29, 1.82) is 0 Å². The van der Waals surface area contributed by atoms with E-state index in [0.29, 0.717) is 11.3 Å². The summed E-state index contributed by atoms with van der Waals surface area (Å²) >= 11 is 0. The van der Waals surface area contributed by atoms with Crippen molar-refractivity contribution in [1.82, 2.24) is 15.1 Å². The third-order valence-corrected chi connectivity index (χ3v) is 3.24. The fourth-order valence-corrected chi connectivity index (χ4v) is 2.03. The molecule has 6 nitrogen and oxygen atoms in total. The van der Waals surface area contributed by atoms with Gasteiger partial charge in [-0.05, 0) is 43.2 Å². The lowest BCUT2D eigenvalue weighted by Crippen LogP contribution is -2.40. The van der Waals surface area contributed by atoms with E-state index in [2.05, 4.69) is 10.4 Å². The van der Waals surface area contributed by atoms with Gasteiger partial charge >= 0.3 is 5.97 Å². The molecule has 1 aromatic heterocycles. The van der Waals surface area contributed by atoms with Gasteiger partial charge in [0.15, 0.2) is 5.69 Å². The van der Waals surface area contributed by atoms with Crippen LogP contribution in [0.1, 0.15) is 29.4 Å². The van der Waals surface area contributed by atoms with Gasteiger partial charge in [0.1, 0.15) is 11.9 Å². The molecule has 22 heavy (non-hydrogen) atoms. The Balaban J connectivity index is 2.20. The maximum absolute atomic E-state index is 13.1. The Hall–Kier alpha value is -2.70. The fraction of sp³-hybridized carbons (Fsp3) is 0.267. The van der Waals surface area contributed by atoms with E-state index >= 15 is 0 Å². The predicted octanol–water partition coefficient (Wildman–Crippen LogP) is 1.91. The number of rotatable bonds is 5. The quantitative estimate of drug-likeness (QED) is 0.884. The fourth-order valence-electron chi connectivity index (χ4n) is 2.03. The summed E-state index contributed by atoms with van der Waals surface area (Å²) < 4.78 is 14.6. The number of aromatic nitrogens is 2. The van der Waals surface area contributed by atoms with Gasteiger partial charge in [-0.15, -0.1) is 0 Å². The van der Waals surface area contributed by atoms with Crippen molar-refractivity contribution in [2.75, 3.05) is 0 Å². The topological polar surface area (TPSA) is 84.2 Å². The average molecular weight is 305 g/mol. The van der Waals surface area contributed by atoms with Crippen molar-refractivity contribution in [3.8, 4) is 5.69 Å². The molecule has 1 aromatic carbocycles. The normalized spacial score (nSPS) is 12.0. The van der Waals surface area contributed by atoms with E-state index in [1.165, 1.54) is 22.9 Å². The first kappa shape index (κ1) is 15.7. The number of nitrogens with zero attached hydrogens (tertiary/aromatic N) is 2. The van der Waals surface area contributed by atoms with Gasteiger partial charge in [0, 0.05) is 6.20 Å². The summed E-state index contributed by atoms with van der Waals surface area (Å²) in [5.41, 5.74) is 1.42. The number of aryl methyl sites for hydroxylation is 1. The van der Waals surface area contributed by atoms with Gasteiger partial charge in [-0.1, -0.05) is 6.92 Å². The Morgan fingerprint density at radius 3 is 2.73 bits per heavy atom. The van der Waals surface area contributed by atoms with Gasteiger partial charge in [0.05, 0.1) is 5.69 Å². The molecule has 0 bridgehead atoms. The van der Waals surface area contributed by atoms with Crippen molar-refractivity contribution in [2.45, 2.75) is 26.3 Å². The van der Waals surface area contributed by atoms with Gasteiger partial charge in [-0.3, -0.25) is 4.79 Å². The lowest BCUT2D eigenvalue weighted by molar-refractivity contribution is -0.139. The van der Waals surface area contributed by atoms with Gasteiger partial charge in [-0.2, -0.15) is 5.10 Å². The second-order valence-corrected chi connectivity index (χ2v) is 4.85. The number of hydrogen-bond acceptors (Lipinski definition) is 3. The molecule has 0 aliphatic heterocycles. The minimum atomic E-state index is -1.09. The van der Waals surface area contributed by atoms with Crippen LogP contribution < -0.4 is 5.32 Å². The summed E-state index contributed by atoms with van der Waals surface area (Å²) in [6.07, 6.45) is 1.84. The Morgan fingerprint density at radius 2 is 2.14 bits per heavy atom. The summed E-state index contributed by atoms with van der Waals surface area (Å²) in [6.45, 7) is 3.40. The molecule has 116 valence electrons. The Bertz CT molecular complexity index is 712. The Labute approximate surface area is 126 Å². The molecule has 0 saturated carbocycles. The van der Waals surface area contributed by atoms with Crippen LogP contribution in [0.15, 0.2) is 30.5 Å². The van der Waals surface area contributed by atoms with Crippen molar-refractivity contribution in [3.05, 3.63) is 47.5 Å². The van der Waals surface area contributed by atoms with Crippen LogP contribution in [-0.2, 0) is 4.79 Å². The summed E-state index contributed by atoms with van der Waals surface area (Å²) in [6, 6.07) is 4.76. The molecule has 7 heteroatoms. The first-order valence-electron chi connectivity index (χ1n) is 6.78. The predicted molar refractivity (Wildman–Crippen MR) is 77.4 cm³/mol. The molecule has 0 aliphatic rings. The van der Waals surface area contributed by atoms with Crippen LogP contribution in [-0.4, -0.2) is 32.8 Å². The first-order chi connectivity index (χ1) is 10.4. The molecule has 0 saturated heterocycles. The minimum Gasteiger partial charge on any atom is -0.480 e. The molecular weight excluding hydrogens is 289 g/mol. The number of benzene rings is 1. The monoisotopic (exact) mass is 305 g/mol. The number of nitrogens with one attached hydrogen (secondary N) is 1. The van der Waals surface area contributed by atoms with Crippen LogP contribution in [0.3, 0.4) is 0 Å².